The van der Waals surface area contributed by atoms with E-state index in [2.05, 4.69) is 18.7 Å². The molecule has 0 N–H and O–H groups in total. The van der Waals surface area contributed by atoms with Crippen molar-refractivity contribution < 1.29 is 4.39 Å². The highest BCUT2D eigenvalue weighted by molar-refractivity contribution is 5.33. The summed E-state index contributed by atoms with van der Waals surface area (Å²) in [6, 6.07) is 6.54. The van der Waals surface area contributed by atoms with Gasteiger partial charge in [0.1, 0.15) is 5.82 Å². The minimum absolute atomic E-state index is 0.236. The molecule has 0 aliphatic heterocycles. The minimum Gasteiger partial charge on any atom is -0.302 e. The van der Waals surface area contributed by atoms with Gasteiger partial charge in [0, 0.05) is 18.7 Å². The molecule has 0 saturated carbocycles. The van der Waals surface area contributed by atoms with E-state index in [0.29, 0.717) is 23.6 Å². The molecule has 0 heterocycles. The number of benzene rings is 1. The quantitative estimate of drug-likeness (QED) is 0.782. The lowest BCUT2D eigenvalue weighted by Crippen LogP contribution is -2.24. The van der Waals surface area contributed by atoms with Gasteiger partial charge < -0.3 is 4.90 Å². The smallest absolute Gasteiger partial charge is 0.127 e. The fourth-order valence-electron chi connectivity index (χ4n) is 1.78. The highest BCUT2D eigenvalue weighted by Gasteiger charge is 2.09. The molecule has 0 spiro atoms. The van der Waals surface area contributed by atoms with Crippen molar-refractivity contribution >= 4 is 0 Å². The van der Waals surface area contributed by atoms with Crippen molar-refractivity contribution in [1.29, 1.82) is 5.26 Å². The van der Waals surface area contributed by atoms with Crippen molar-refractivity contribution in [1.82, 2.24) is 4.90 Å². The van der Waals surface area contributed by atoms with Crippen LogP contribution in [-0.4, -0.2) is 18.5 Å². The SMILES string of the molecule is CCC(C)CN(C)Cc1cc(C#N)ccc1F. The molecule has 92 valence electrons. The first kappa shape index (κ1) is 13.7. The summed E-state index contributed by atoms with van der Waals surface area (Å²) >= 11 is 0. The Balaban J connectivity index is 2.71. The third kappa shape index (κ3) is 4.16. The summed E-state index contributed by atoms with van der Waals surface area (Å²) in [7, 11) is 1.98. The van der Waals surface area contributed by atoms with Crippen LogP contribution < -0.4 is 0 Å². The second-order valence-corrected chi connectivity index (χ2v) is 4.63. The van der Waals surface area contributed by atoms with E-state index in [0.717, 1.165) is 13.0 Å². The van der Waals surface area contributed by atoms with Crippen molar-refractivity contribution in [3.8, 4) is 6.07 Å². The van der Waals surface area contributed by atoms with Crippen LogP contribution >= 0.6 is 0 Å². The Kier molecular flexibility index (Phi) is 5.11. The molecule has 0 amide bonds. The Morgan fingerprint density at radius 2 is 2.18 bits per heavy atom. The fraction of sp³-hybridized carbons (Fsp3) is 0.500. The van der Waals surface area contributed by atoms with Crippen LogP contribution in [0.5, 0.6) is 0 Å². The van der Waals surface area contributed by atoms with Crippen LogP contribution in [0.1, 0.15) is 31.4 Å². The molecule has 0 saturated heterocycles. The van der Waals surface area contributed by atoms with Crippen LogP contribution in [0.2, 0.25) is 0 Å². The Morgan fingerprint density at radius 1 is 1.47 bits per heavy atom. The van der Waals surface area contributed by atoms with Gasteiger partial charge >= 0.3 is 0 Å². The Bertz CT molecular complexity index is 409. The van der Waals surface area contributed by atoms with E-state index in [1.54, 1.807) is 6.07 Å². The Labute approximate surface area is 103 Å². The van der Waals surface area contributed by atoms with Crippen LogP contribution in [-0.2, 0) is 6.54 Å². The molecule has 1 unspecified atom stereocenters. The number of hydrogen-bond donors (Lipinski definition) is 0. The molecule has 2 nitrogen and oxygen atoms in total. The predicted octanol–water partition coefficient (Wildman–Crippen LogP) is 3.18. The van der Waals surface area contributed by atoms with Crippen LogP contribution in [0, 0.1) is 23.1 Å². The lowest BCUT2D eigenvalue weighted by atomic mass is 10.1. The minimum atomic E-state index is -0.236. The van der Waals surface area contributed by atoms with Gasteiger partial charge in [0.25, 0.3) is 0 Å². The third-order valence-corrected chi connectivity index (χ3v) is 2.94. The molecule has 1 aromatic carbocycles. The van der Waals surface area contributed by atoms with Gasteiger partial charge in [-0.25, -0.2) is 4.39 Å². The van der Waals surface area contributed by atoms with E-state index < -0.39 is 0 Å². The van der Waals surface area contributed by atoms with E-state index in [1.807, 2.05) is 13.1 Å². The molecule has 0 fully saturated rings. The van der Waals surface area contributed by atoms with Gasteiger partial charge in [0.15, 0.2) is 0 Å². The highest BCUT2D eigenvalue weighted by Crippen LogP contribution is 2.13. The number of nitriles is 1. The summed E-state index contributed by atoms with van der Waals surface area (Å²) in [4.78, 5) is 2.09. The van der Waals surface area contributed by atoms with Crippen molar-refractivity contribution in [2.45, 2.75) is 26.8 Å². The zero-order valence-corrected chi connectivity index (χ0v) is 10.7. The standard InChI is InChI=1S/C14H19FN2/c1-4-11(2)9-17(3)10-13-7-12(8-16)5-6-14(13)15/h5-7,11H,4,9-10H2,1-3H3. The van der Waals surface area contributed by atoms with Gasteiger partial charge in [-0.2, -0.15) is 5.26 Å². The lowest BCUT2D eigenvalue weighted by Gasteiger charge is -2.20. The Hall–Kier alpha value is -1.40. The summed E-state index contributed by atoms with van der Waals surface area (Å²) in [5.41, 5.74) is 1.10. The van der Waals surface area contributed by atoms with E-state index in [9.17, 15) is 4.39 Å². The summed E-state index contributed by atoms with van der Waals surface area (Å²) in [5, 5.41) is 8.78. The van der Waals surface area contributed by atoms with Crippen molar-refractivity contribution in [2.24, 2.45) is 5.92 Å². The summed E-state index contributed by atoms with van der Waals surface area (Å²) in [5.74, 6) is 0.363. The van der Waals surface area contributed by atoms with Gasteiger partial charge in [0.05, 0.1) is 11.6 Å². The van der Waals surface area contributed by atoms with Gasteiger partial charge in [-0.15, -0.1) is 0 Å². The molecular formula is C14H19FN2. The molecular weight excluding hydrogens is 215 g/mol. The monoisotopic (exact) mass is 234 g/mol. The van der Waals surface area contributed by atoms with Gasteiger partial charge in [-0.3, -0.25) is 0 Å². The highest BCUT2D eigenvalue weighted by atomic mass is 19.1. The molecule has 3 heteroatoms. The summed E-state index contributed by atoms with van der Waals surface area (Å²) in [6.07, 6.45) is 1.12. The molecule has 1 atom stereocenters. The molecule has 0 radical (unpaired) electrons. The van der Waals surface area contributed by atoms with Gasteiger partial charge in [-0.05, 0) is 31.2 Å². The number of nitrogens with zero attached hydrogens (tertiary/aromatic N) is 2. The van der Waals surface area contributed by atoms with E-state index >= 15 is 0 Å². The number of halogens is 1. The van der Waals surface area contributed by atoms with Gasteiger partial charge in [-0.1, -0.05) is 20.3 Å². The normalized spacial score (nSPS) is 12.5. The first-order valence-corrected chi connectivity index (χ1v) is 5.93. The second-order valence-electron chi connectivity index (χ2n) is 4.63. The van der Waals surface area contributed by atoms with E-state index in [-0.39, 0.29) is 5.82 Å². The van der Waals surface area contributed by atoms with Crippen LogP contribution in [0.15, 0.2) is 18.2 Å². The maximum absolute atomic E-state index is 13.5. The van der Waals surface area contributed by atoms with Crippen LogP contribution in [0.4, 0.5) is 4.39 Å². The summed E-state index contributed by atoms with van der Waals surface area (Å²) < 4.78 is 13.5. The topological polar surface area (TPSA) is 27.0 Å². The third-order valence-electron chi connectivity index (χ3n) is 2.94. The molecule has 0 aromatic heterocycles. The largest absolute Gasteiger partial charge is 0.302 e. The molecule has 0 aliphatic carbocycles. The van der Waals surface area contributed by atoms with Crippen molar-refractivity contribution in [3.63, 3.8) is 0 Å². The zero-order valence-electron chi connectivity index (χ0n) is 10.7. The summed E-state index contributed by atoms with van der Waals surface area (Å²) in [6.45, 7) is 5.81. The molecule has 1 aromatic rings. The second kappa shape index (κ2) is 6.36. The average molecular weight is 234 g/mol. The Morgan fingerprint density at radius 3 is 2.76 bits per heavy atom. The van der Waals surface area contributed by atoms with Gasteiger partial charge in [0.2, 0.25) is 0 Å². The van der Waals surface area contributed by atoms with E-state index in [1.165, 1.54) is 12.1 Å². The number of rotatable bonds is 5. The predicted molar refractivity (Wildman–Crippen MR) is 66.9 cm³/mol. The van der Waals surface area contributed by atoms with Crippen LogP contribution in [0.25, 0.3) is 0 Å². The molecule has 1 rings (SSSR count). The maximum Gasteiger partial charge on any atom is 0.127 e. The lowest BCUT2D eigenvalue weighted by molar-refractivity contribution is 0.272. The average Bonchev–Trinajstić information content (AvgIpc) is 2.31. The number of hydrogen-bond acceptors (Lipinski definition) is 2. The first-order chi connectivity index (χ1) is 8.06. The zero-order chi connectivity index (χ0) is 12.8. The molecule has 0 aliphatic rings. The van der Waals surface area contributed by atoms with Crippen molar-refractivity contribution in [2.75, 3.05) is 13.6 Å². The first-order valence-electron chi connectivity index (χ1n) is 5.93. The fourth-order valence-corrected chi connectivity index (χ4v) is 1.78. The molecule has 17 heavy (non-hydrogen) atoms. The molecule has 0 bridgehead atoms. The van der Waals surface area contributed by atoms with Crippen LogP contribution in [0.3, 0.4) is 0 Å². The van der Waals surface area contributed by atoms with Crippen molar-refractivity contribution in [3.05, 3.63) is 35.1 Å². The van der Waals surface area contributed by atoms with E-state index in [4.69, 9.17) is 5.26 Å². The maximum atomic E-state index is 13.5.